The van der Waals surface area contributed by atoms with E-state index in [9.17, 15) is 9.90 Å². The maximum atomic E-state index is 10.6. The van der Waals surface area contributed by atoms with Gasteiger partial charge in [-0.1, -0.05) is 18.7 Å². The van der Waals surface area contributed by atoms with Crippen LogP contribution in [0.5, 0.6) is 0 Å². The van der Waals surface area contributed by atoms with Gasteiger partial charge < -0.3 is 10.2 Å². The summed E-state index contributed by atoms with van der Waals surface area (Å²) in [4.78, 5) is 16.1. The van der Waals surface area contributed by atoms with Crippen LogP contribution in [-0.2, 0) is 24.4 Å². The van der Waals surface area contributed by atoms with E-state index in [1.807, 2.05) is 6.20 Å². The SMILES string of the molecule is CCc1cnc(Cn2c(CO)nnc2SCC(=O)O)s1. The number of hydrogen-bond acceptors (Lipinski definition) is 7. The Kier molecular flexibility index (Phi) is 5.10. The van der Waals surface area contributed by atoms with Crippen LogP contribution in [0.25, 0.3) is 0 Å². The number of carboxylic acids is 1. The van der Waals surface area contributed by atoms with Gasteiger partial charge in [-0.05, 0) is 6.42 Å². The van der Waals surface area contributed by atoms with Gasteiger partial charge in [0.1, 0.15) is 11.6 Å². The summed E-state index contributed by atoms with van der Waals surface area (Å²) in [7, 11) is 0. The summed E-state index contributed by atoms with van der Waals surface area (Å²) >= 11 is 2.67. The first-order valence-corrected chi connectivity index (χ1v) is 7.75. The van der Waals surface area contributed by atoms with E-state index in [0.717, 1.165) is 23.2 Å². The van der Waals surface area contributed by atoms with Crippen LogP contribution in [0.2, 0.25) is 0 Å². The third-order valence-corrected chi connectivity index (χ3v) is 4.58. The van der Waals surface area contributed by atoms with Crippen molar-refractivity contribution in [3.8, 4) is 0 Å². The molecule has 108 valence electrons. The number of aryl methyl sites for hydroxylation is 1. The fourth-order valence-corrected chi connectivity index (χ4v) is 3.08. The third-order valence-electron chi connectivity index (χ3n) is 2.50. The van der Waals surface area contributed by atoms with Crippen molar-refractivity contribution in [3.05, 3.63) is 21.9 Å². The lowest BCUT2D eigenvalue weighted by Gasteiger charge is -2.06. The largest absolute Gasteiger partial charge is 0.481 e. The summed E-state index contributed by atoms with van der Waals surface area (Å²) in [5.41, 5.74) is 0. The predicted octanol–water partition coefficient (Wildman–Crippen LogP) is 1.01. The zero-order valence-electron chi connectivity index (χ0n) is 10.8. The molecule has 0 aliphatic heterocycles. The van der Waals surface area contributed by atoms with Crippen LogP contribution in [0.3, 0.4) is 0 Å². The molecular formula is C11H14N4O3S2. The number of carbonyl (C=O) groups is 1. The molecule has 20 heavy (non-hydrogen) atoms. The van der Waals surface area contributed by atoms with E-state index in [1.165, 1.54) is 4.88 Å². The van der Waals surface area contributed by atoms with Gasteiger partial charge in [0.05, 0.1) is 12.3 Å². The molecule has 2 aromatic rings. The van der Waals surface area contributed by atoms with Crippen LogP contribution >= 0.6 is 23.1 Å². The van der Waals surface area contributed by atoms with Crippen molar-refractivity contribution in [1.29, 1.82) is 0 Å². The molecule has 0 spiro atoms. The fraction of sp³-hybridized carbons (Fsp3) is 0.455. The normalized spacial score (nSPS) is 10.9. The number of thioether (sulfide) groups is 1. The molecule has 2 rings (SSSR count). The van der Waals surface area contributed by atoms with E-state index < -0.39 is 5.97 Å². The molecule has 2 N–H and O–H groups in total. The van der Waals surface area contributed by atoms with Crippen LogP contribution in [0.4, 0.5) is 0 Å². The molecule has 0 fully saturated rings. The number of aliphatic hydroxyl groups excluding tert-OH is 1. The van der Waals surface area contributed by atoms with E-state index in [1.54, 1.807) is 15.9 Å². The van der Waals surface area contributed by atoms with Crippen LogP contribution in [0.1, 0.15) is 22.6 Å². The van der Waals surface area contributed by atoms with Crippen molar-refractivity contribution in [1.82, 2.24) is 19.7 Å². The van der Waals surface area contributed by atoms with Gasteiger partial charge in [-0.15, -0.1) is 21.5 Å². The lowest BCUT2D eigenvalue weighted by Crippen LogP contribution is -2.07. The highest BCUT2D eigenvalue weighted by molar-refractivity contribution is 7.99. The minimum Gasteiger partial charge on any atom is -0.481 e. The zero-order chi connectivity index (χ0) is 14.5. The van der Waals surface area contributed by atoms with Crippen molar-refractivity contribution in [2.75, 3.05) is 5.75 Å². The van der Waals surface area contributed by atoms with Crippen molar-refractivity contribution in [2.45, 2.75) is 31.7 Å². The number of aliphatic carboxylic acids is 1. The first-order valence-electron chi connectivity index (χ1n) is 5.95. The van der Waals surface area contributed by atoms with E-state index in [0.29, 0.717) is 17.5 Å². The minimum absolute atomic E-state index is 0.0956. The molecular weight excluding hydrogens is 300 g/mol. The lowest BCUT2D eigenvalue weighted by molar-refractivity contribution is -0.133. The number of nitrogens with zero attached hydrogens (tertiary/aromatic N) is 4. The summed E-state index contributed by atoms with van der Waals surface area (Å²) in [6.07, 6.45) is 2.75. The monoisotopic (exact) mass is 314 g/mol. The Bertz CT molecular complexity index is 596. The molecule has 7 nitrogen and oxygen atoms in total. The summed E-state index contributed by atoms with van der Waals surface area (Å²) in [6, 6.07) is 0. The summed E-state index contributed by atoms with van der Waals surface area (Å²) in [5.74, 6) is -0.606. The molecule has 0 radical (unpaired) electrons. The van der Waals surface area contributed by atoms with E-state index in [4.69, 9.17) is 5.11 Å². The minimum atomic E-state index is -0.919. The molecule has 0 saturated heterocycles. The number of aromatic nitrogens is 4. The van der Waals surface area contributed by atoms with E-state index in [2.05, 4.69) is 22.1 Å². The topological polar surface area (TPSA) is 101 Å². The van der Waals surface area contributed by atoms with E-state index >= 15 is 0 Å². The van der Waals surface area contributed by atoms with Gasteiger partial charge in [0, 0.05) is 11.1 Å². The molecule has 0 aromatic carbocycles. The summed E-state index contributed by atoms with van der Waals surface area (Å²) < 4.78 is 1.70. The number of thiazole rings is 1. The second-order valence-electron chi connectivity index (χ2n) is 3.90. The van der Waals surface area contributed by atoms with Gasteiger partial charge in [0.25, 0.3) is 0 Å². The molecule has 0 aliphatic rings. The highest BCUT2D eigenvalue weighted by Crippen LogP contribution is 2.21. The van der Waals surface area contributed by atoms with Crippen LogP contribution in [0.15, 0.2) is 11.4 Å². The first kappa shape index (κ1) is 14.9. The van der Waals surface area contributed by atoms with Gasteiger partial charge in [0.15, 0.2) is 11.0 Å². The second-order valence-corrected chi connectivity index (χ2v) is 6.04. The average Bonchev–Trinajstić information content (AvgIpc) is 3.03. The summed E-state index contributed by atoms with van der Waals surface area (Å²) in [5, 5.41) is 27.1. The average molecular weight is 314 g/mol. The van der Waals surface area contributed by atoms with Crippen molar-refractivity contribution in [2.24, 2.45) is 0 Å². The maximum Gasteiger partial charge on any atom is 0.313 e. The third kappa shape index (κ3) is 3.56. The van der Waals surface area contributed by atoms with Crippen LogP contribution in [0, 0.1) is 0 Å². The Balaban J connectivity index is 2.19. The van der Waals surface area contributed by atoms with Crippen molar-refractivity contribution >= 4 is 29.1 Å². The molecule has 9 heteroatoms. The van der Waals surface area contributed by atoms with Gasteiger partial charge in [-0.25, -0.2) is 4.98 Å². The van der Waals surface area contributed by atoms with Gasteiger partial charge in [-0.2, -0.15) is 0 Å². The number of aliphatic hydroxyl groups is 1. The Morgan fingerprint density at radius 1 is 1.50 bits per heavy atom. The molecule has 2 heterocycles. The van der Waals surface area contributed by atoms with Crippen LogP contribution < -0.4 is 0 Å². The molecule has 0 amide bonds. The molecule has 2 aromatic heterocycles. The quantitative estimate of drug-likeness (QED) is 0.736. The van der Waals surface area contributed by atoms with Crippen LogP contribution in [-0.4, -0.2) is 41.7 Å². The second kappa shape index (κ2) is 6.82. The number of hydrogen-bond donors (Lipinski definition) is 2. The molecule has 0 saturated carbocycles. The van der Waals surface area contributed by atoms with Gasteiger partial charge in [0.2, 0.25) is 0 Å². The van der Waals surface area contributed by atoms with Gasteiger partial charge >= 0.3 is 5.97 Å². The Hall–Kier alpha value is -1.45. The first-order chi connectivity index (χ1) is 9.63. The number of rotatable bonds is 7. The maximum absolute atomic E-state index is 10.6. The standard InChI is InChI=1S/C11H14N4O3S2/c1-2-7-3-12-9(20-7)4-15-8(5-16)13-14-11(15)19-6-10(17)18/h3,16H,2,4-6H2,1H3,(H,17,18). The highest BCUT2D eigenvalue weighted by atomic mass is 32.2. The lowest BCUT2D eigenvalue weighted by atomic mass is 10.4. The number of carboxylic acid groups (broad SMARTS) is 1. The highest BCUT2D eigenvalue weighted by Gasteiger charge is 2.15. The van der Waals surface area contributed by atoms with Gasteiger partial charge in [-0.3, -0.25) is 9.36 Å². The fourth-order valence-electron chi connectivity index (χ4n) is 1.55. The predicted molar refractivity (Wildman–Crippen MR) is 74.9 cm³/mol. The molecule has 0 atom stereocenters. The molecule has 0 bridgehead atoms. The Morgan fingerprint density at radius 2 is 2.30 bits per heavy atom. The summed E-state index contributed by atoms with van der Waals surface area (Å²) in [6.45, 7) is 2.26. The van der Waals surface area contributed by atoms with E-state index in [-0.39, 0.29) is 12.4 Å². The van der Waals surface area contributed by atoms with Crippen molar-refractivity contribution in [3.63, 3.8) is 0 Å². The molecule has 0 unspecified atom stereocenters. The molecule has 0 aliphatic carbocycles. The Labute approximate surface area is 123 Å². The smallest absolute Gasteiger partial charge is 0.313 e. The van der Waals surface area contributed by atoms with Crippen molar-refractivity contribution < 1.29 is 15.0 Å². The Morgan fingerprint density at radius 3 is 2.90 bits per heavy atom. The zero-order valence-corrected chi connectivity index (χ0v) is 12.4.